The zero-order chi connectivity index (χ0) is 15.5. The summed E-state index contributed by atoms with van der Waals surface area (Å²) in [6.07, 6.45) is 0. The molecular formula is C14H11FN4OS2. The van der Waals surface area contributed by atoms with Crippen LogP contribution in [0, 0.1) is 10.6 Å². The first kappa shape index (κ1) is 14.6. The van der Waals surface area contributed by atoms with E-state index in [9.17, 15) is 9.18 Å². The molecule has 2 heterocycles. The van der Waals surface area contributed by atoms with E-state index in [4.69, 9.17) is 12.2 Å². The standard InChI is InChI=1S/C14H11FN4OS2/c15-9-3-5-10(6-4-9)19-12(17-18-14(19)21)8-16-13(20)11-2-1-7-22-11/h1-7H,8H2,(H,16,20)(H,18,21). The van der Waals surface area contributed by atoms with Crippen molar-refractivity contribution in [2.75, 3.05) is 0 Å². The van der Waals surface area contributed by atoms with E-state index in [0.717, 1.165) is 0 Å². The summed E-state index contributed by atoms with van der Waals surface area (Å²) in [4.78, 5) is 12.6. The second-order valence-electron chi connectivity index (χ2n) is 4.42. The van der Waals surface area contributed by atoms with Crippen LogP contribution in [0.4, 0.5) is 4.39 Å². The number of aromatic nitrogens is 3. The van der Waals surface area contributed by atoms with Crippen molar-refractivity contribution in [1.29, 1.82) is 0 Å². The number of aromatic amines is 1. The van der Waals surface area contributed by atoms with Crippen LogP contribution in [-0.2, 0) is 6.54 Å². The van der Waals surface area contributed by atoms with Crippen molar-refractivity contribution in [3.8, 4) is 5.69 Å². The van der Waals surface area contributed by atoms with Gasteiger partial charge in [-0.15, -0.1) is 11.3 Å². The number of amides is 1. The molecule has 0 fully saturated rings. The van der Waals surface area contributed by atoms with Gasteiger partial charge in [0.15, 0.2) is 10.6 Å². The molecule has 0 aliphatic heterocycles. The number of nitrogens with one attached hydrogen (secondary N) is 2. The van der Waals surface area contributed by atoms with Crippen LogP contribution >= 0.6 is 23.6 Å². The highest BCUT2D eigenvalue weighted by molar-refractivity contribution is 7.71. The van der Waals surface area contributed by atoms with Gasteiger partial charge in [0.1, 0.15) is 5.82 Å². The molecule has 112 valence electrons. The summed E-state index contributed by atoms with van der Waals surface area (Å²) in [5, 5.41) is 11.4. The minimum atomic E-state index is -0.327. The SMILES string of the molecule is O=C(NCc1n[nH]c(=S)n1-c1ccc(F)cc1)c1cccs1. The molecule has 3 aromatic rings. The van der Waals surface area contributed by atoms with Crippen molar-refractivity contribution < 1.29 is 9.18 Å². The molecule has 0 saturated carbocycles. The number of hydrogen-bond donors (Lipinski definition) is 2. The summed E-state index contributed by atoms with van der Waals surface area (Å²) in [5.74, 6) is 0.0439. The number of thiophene rings is 1. The van der Waals surface area contributed by atoms with E-state index < -0.39 is 0 Å². The van der Waals surface area contributed by atoms with Crippen LogP contribution in [0.1, 0.15) is 15.5 Å². The van der Waals surface area contributed by atoms with Crippen LogP contribution in [0.3, 0.4) is 0 Å². The minimum Gasteiger partial charge on any atom is -0.344 e. The maximum absolute atomic E-state index is 13.0. The smallest absolute Gasteiger partial charge is 0.261 e. The van der Waals surface area contributed by atoms with Gasteiger partial charge >= 0.3 is 0 Å². The molecule has 1 amide bonds. The van der Waals surface area contributed by atoms with Gasteiger partial charge in [-0.2, -0.15) is 5.10 Å². The van der Waals surface area contributed by atoms with Crippen molar-refractivity contribution in [1.82, 2.24) is 20.1 Å². The lowest BCUT2D eigenvalue weighted by molar-refractivity contribution is 0.0953. The lowest BCUT2D eigenvalue weighted by Crippen LogP contribution is -2.23. The molecule has 0 spiro atoms. The molecule has 0 aliphatic rings. The fourth-order valence-electron chi connectivity index (χ4n) is 1.96. The topological polar surface area (TPSA) is 62.7 Å². The van der Waals surface area contributed by atoms with Crippen LogP contribution in [0.15, 0.2) is 41.8 Å². The van der Waals surface area contributed by atoms with Crippen LogP contribution in [0.25, 0.3) is 5.69 Å². The van der Waals surface area contributed by atoms with Crippen molar-refractivity contribution in [3.05, 3.63) is 63.1 Å². The molecular weight excluding hydrogens is 323 g/mol. The van der Waals surface area contributed by atoms with Gasteiger partial charge in [0.25, 0.3) is 5.91 Å². The van der Waals surface area contributed by atoms with Crippen LogP contribution < -0.4 is 5.32 Å². The molecule has 5 nitrogen and oxygen atoms in total. The Balaban J connectivity index is 1.82. The average Bonchev–Trinajstić information content (AvgIpc) is 3.16. The first-order valence-electron chi connectivity index (χ1n) is 6.39. The molecule has 0 bridgehead atoms. The highest BCUT2D eigenvalue weighted by Crippen LogP contribution is 2.13. The number of benzene rings is 1. The summed E-state index contributed by atoms with van der Waals surface area (Å²) in [6, 6.07) is 9.46. The lowest BCUT2D eigenvalue weighted by Gasteiger charge is -2.07. The van der Waals surface area contributed by atoms with Crippen LogP contribution in [0.5, 0.6) is 0 Å². The number of nitrogens with zero attached hydrogens (tertiary/aromatic N) is 2. The largest absolute Gasteiger partial charge is 0.344 e. The molecule has 1 aromatic carbocycles. The highest BCUT2D eigenvalue weighted by Gasteiger charge is 2.11. The van der Waals surface area contributed by atoms with Gasteiger partial charge in [0, 0.05) is 5.69 Å². The van der Waals surface area contributed by atoms with Crippen molar-refractivity contribution in [2.45, 2.75) is 6.54 Å². The van der Waals surface area contributed by atoms with Gasteiger partial charge in [-0.05, 0) is 47.9 Å². The first-order chi connectivity index (χ1) is 10.6. The second-order valence-corrected chi connectivity index (χ2v) is 5.75. The van der Waals surface area contributed by atoms with E-state index in [1.165, 1.54) is 23.5 Å². The fraction of sp³-hybridized carbons (Fsp3) is 0.0714. The third kappa shape index (κ3) is 2.97. The summed E-state index contributed by atoms with van der Waals surface area (Å²) < 4.78 is 15.1. The average molecular weight is 334 g/mol. The van der Waals surface area contributed by atoms with Gasteiger partial charge < -0.3 is 5.32 Å². The quantitative estimate of drug-likeness (QED) is 0.721. The van der Waals surface area contributed by atoms with E-state index in [1.54, 1.807) is 22.8 Å². The summed E-state index contributed by atoms with van der Waals surface area (Å²) in [6.45, 7) is 0.210. The molecule has 0 aliphatic carbocycles. The molecule has 2 aromatic heterocycles. The van der Waals surface area contributed by atoms with Crippen LogP contribution in [0.2, 0.25) is 0 Å². The van der Waals surface area contributed by atoms with Crippen LogP contribution in [-0.4, -0.2) is 20.7 Å². The third-order valence-corrected chi connectivity index (χ3v) is 4.12. The molecule has 0 unspecified atom stereocenters. The Labute approximate surface area is 134 Å². The highest BCUT2D eigenvalue weighted by atomic mass is 32.1. The number of hydrogen-bond acceptors (Lipinski definition) is 4. The molecule has 2 N–H and O–H groups in total. The Morgan fingerprint density at radius 1 is 1.36 bits per heavy atom. The predicted molar refractivity (Wildman–Crippen MR) is 84.2 cm³/mol. The number of rotatable bonds is 4. The Kier molecular flexibility index (Phi) is 4.12. The summed E-state index contributed by atoms with van der Waals surface area (Å²) in [7, 11) is 0. The maximum atomic E-state index is 13.0. The van der Waals surface area contributed by atoms with E-state index in [0.29, 0.717) is 21.2 Å². The Bertz CT molecular complexity index is 837. The summed E-state index contributed by atoms with van der Waals surface area (Å²) in [5.41, 5.74) is 0.681. The predicted octanol–water partition coefficient (Wildman–Crippen LogP) is 3.06. The van der Waals surface area contributed by atoms with Crippen molar-refractivity contribution >= 4 is 29.5 Å². The molecule has 22 heavy (non-hydrogen) atoms. The zero-order valence-corrected chi connectivity index (χ0v) is 12.9. The fourth-order valence-corrected chi connectivity index (χ4v) is 2.86. The second kappa shape index (κ2) is 6.20. The third-order valence-electron chi connectivity index (χ3n) is 2.98. The zero-order valence-electron chi connectivity index (χ0n) is 11.2. The minimum absolute atomic E-state index is 0.172. The normalized spacial score (nSPS) is 10.6. The molecule has 0 saturated heterocycles. The Hall–Kier alpha value is -2.32. The number of carbonyl (C=O) groups excluding carboxylic acids is 1. The number of carbonyl (C=O) groups is 1. The van der Waals surface area contributed by atoms with Crippen molar-refractivity contribution in [3.63, 3.8) is 0 Å². The lowest BCUT2D eigenvalue weighted by atomic mass is 10.3. The van der Waals surface area contributed by atoms with Gasteiger partial charge in [-0.1, -0.05) is 6.07 Å². The Morgan fingerprint density at radius 2 is 2.14 bits per heavy atom. The van der Waals surface area contributed by atoms with E-state index in [2.05, 4.69) is 15.5 Å². The molecule has 0 radical (unpaired) electrons. The van der Waals surface area contributed by atoms with Gasteiger partial charge in [-0.3, -0.25) is 14.5 Å². The van der Waals surface area contributed by atoms with Crippen molar-refractivity contribution in [2.24, 2.45) is 0 Å². The Morgan fingerprint density at radius 3 is 2.82 bits per heavy atom. The van der Waals surface area contributed by atoms with E-state index in [-0.39, 0.29) is 18.3 Å². The maximum Gasteiger partial charge on any atom is 0.261 e. The molecule has 3 rings (SSSR count). The van der Waals surface area contributed by atoms with Gasteiger partial charge in [0.2, 0.25) is 0 Å². The molecule has 0 atom stereocenters. The number of H-pyrrole nitrogens is 1. The van der Waals surface area contributed by atoms with E-state index in [1.807, 2.05) is 11.4 Å². The summed E-state index contributed by atoms with van der Waals surface area (Å²) >= 11 is 6.55. The van der Waals surface area contributed by atoms with E-state index >= 15 is 0 Å². The number of halogens is 1. The van der Waals surface area contributed by atoms with Gasteiger partial charge in [0.05, 0.1) is 11.4 Å². The van der Waals surface area contributed by atoms with Gasteiger partial charge in [-0.25, -0.2) is 4.39 Å². The monoisotopic (exact) mass is 334 g/mol. The molecule has 8 heteroatoms. The first-order valence-corrected chi connectivity index (χ1v) is 7.68.